The van der Waals surface area contributed by atoms with Crippen LogP contribution in [0.15, 0.2) is 12.1 Å². The molecule has 0 aromatic heterocycles. The number of carbonyl (C=O) groups excluding carboxylic acids is 1. The monoisotopic (exact) mass is 306 g/mol. The smallest absolute Gasteiger partial charge is 0.235 e. The number of carbonyl (C=O) groups is 1. The van der Waals surface area contributed by atoms with Crippen molar-refractivity contribution < 1.29 is 9.90 Å². The Morgan fingerprint density at radius 3 is 2.62 bits per heavy atom. The molecule has 21 heavy (non-hydrogen) atoms. The van der Waals surface area contributed by atoms with Crippen molar-refractivity contribution >= 4 is 23.2 Å². The van der Waals surface area contributed by atoms with Crippen LogP contribution in [-0.4, -0.2) is 23.2 Å². The van der Waals surface area contributed by atoms with Gasteiger partial charge in [-0.2, -0.15) is 5.26 Å². The third-order valence-electron chi connectivity index (χ3n) is 4.36. The van der Waals surface area contributed by atoms with Crippen LogP contribution < -0.4 is 4.90 Å². The van der Waals surface area contributed by atoms with Crippen LogP contribution >= 0.6 is 11.6 Å². The predicted molar refractivity (Wildman–Crippen MR) is 82.3 cm³/mol. The minimum Gasteiger partial charge on any atom is -0.390 e. The fourth-order valence-electron chi connectivity index (χ4n) is 2.93. The number of aliphatic hydroxyl groups is 1. The Morgan fingerprint density at radius 2 is 2.10 bits per heavy atom. The average molecular weight is 307 g/mol. The van der Waals surface area contributed by atoms with Gasteiger partial charge in [-0.15, -0.1) is 0 Å². The molecular weight excluding hydrogens is 288 g/mol. The lowest BCUT2D eigenvalue weighted by Gasteiger charge is -2.27. The van der Waals surface area contributed by atoms with Crippen molar-refractivity contribution in [2.24, 2.45) is 5.41 Å². The van der Waals surface area contributed by atoms with Gasteiger partial charge in [0, 0.05) is 5.69 Å². The Labute approximate surface area is 129 Å². The molecule has 1 saturated heterocycles. The van der Waals surface area contributed by atoms with Gasteiger partial charge in [0.2, 0.25) is 5.91 Å². The maximum atomic E-state index is 12.7. The van der Waals surface area contributed by atoms with E-state index in [1.807, 2.05) is 13.0 Å². The van der Waals surface area contributed by atoms with Crippen molar-refractivity contribution in [1.82, 2.24) is 0 Å². The molecule has 0 radical (unpaired) electrons. The first-order valence-corrected chi connectivity index (χ1v) is 7.36. The summed E-state index contributed by atoms with van der Waals surface area (Å²) in [6, 6.07) is 5.09. The number of hydrogen-bond acceptors (Lipinski definition) is 3. The second-order valence-electron chi connectivity index (χ2n) is 6.00. The zero-order valence-corrected chi connectivity index (χ0v) is 13.4. The van der Waals surface area contributed by atoms with Crippen molar-refractivity contribution in [1.29, 1.82) is 5.26 Å². The van der Waals surface area contributed by atoms with Crippen LogP contribution in [0.2, 0.25) is 5.02 Å². The fraction of sp³-hybridized carbons (Fsp3) is 0.500. The number of aliphatic hydroxyl groups excluding tert-OH is 1. The van der Waals surface area contributed by atoms with E-state index in [4.69, 9.17) is 16.9 Å². The number of benzene rings is 1. The molecule has 0 bridgehead atoms. The molecule has 0 spiro atoms. The summed E-state index contributed by atoms with van der Waals surface area (Å²) in [6.45, 7) is 7.23. The number of hydrogen-bond donors (Lipinski definition) is 1. The molecule has 1 aromatic rings. The van der Waals surface area contributed by atoms with E-state index in [0.717, 1.165) is 0 Å². The Kier molecular flexibility index (Phi) is 4.01. The molecule has 1 fully saturated rings. The molecule has 1 N–H and O–H groups in total. The van der Waals surface area contributed by atoms with Crippen LogP contribution in [0.3, 0.4) is 0 Å². The van der Waals surface area contributed by atoms with E-state index < -0.39 is 11.5 Å². The van der Waals surface area contributed by atoms with Crippen LogP contribution in [0.25, 0.3) is 0 Å². The first kappa shape index (κ1) is 15.8. The number of amides is 1. The highest BCUT2D eigenvalue weighted by Gasteiger charge is 2.53. The van der Waals surface area contributed by atoms with E-state index in [-0.39, 0.29) is 11.9 Å². The minimum absolute atomic E-state index is 0.120. The van der Waals surface area contributed by atoms with E-state index in [1.165, 1.54) is 0 Å². The predicted octanol–water partition coefficient (Wildman–Crippen LogP) is 3.03. The van der Waals surface area contributed by atoms with Crippen LogP contribution in [0.4, 0.5) is 5.69 Å². The van der Waals surface area contributed by atoms with E-state index >= 15 is 0 Å². The largest absolute Gasteiger partial charge is 0.390 e. The zero-order valence-electron chi connectivity index (χ0n) is 12.6. The van der Waals surface area contributed by atoms with Crippen molar-refractivity contribution in [3.05, 3.63) is 28.3 Å². The highest BCUT2D eigenvalue weighted by molar-refractivity contribution is 6.33. The number of nitriles is 1. The molecule has 5 heteroatoms. The van der Waals surface area contributed by atoms with Gasteiger partial charge in [-0.3, -0.25) is 4.79 Å². The summed E-state index contributed by atoms with van der Waals surface area (Å²) in [6.07, 6.45) is -0.0863. The SMILES string of the molecule is CC[C@H]1[C@@H](O)C(C)(C)C(=O)N1c1ccc(C#N)c(Cl)c1C. The van der Waals surface area contributed by atoms with Gasteiger partial charge in [-0.05, 0) is 44.9 Å². The van der Waals surface area contributed by atoms with Crippen LogP contribution in [-0.2, 0) is 4.79 Å². The maximum Gasteiger partial charge on any atom is 0.235 e. The lowest BCUT2D eigenvalue weighted by atomic mass is 9.86. The second-order valence-corrected chi connectivity index (χ2v) is 6.38. The molecule has 0 saturated carbocycles. The minimum atomic E-state index is -0.826. The maximum absolute atomic E-state index is 12.7. The van der Waals surface area contributed by atoms with Gasteiger partial charge >= 0.3 is 0 Å². The van der Waals surface area contributed by atoms with E-state index in [1.54, 1.807) is 37.8 Å². The molecule has 0 unspecified atom stereocenters. The number of nitrogens with zero attached hydrogens (tertiary/aromatic N) is 2. The quantitative estimate of drug-likeness (QED) is 0.913. The molecular formula is C16H19ClN2O2. The van der Waals surface area contributed by atoms with E-state index in [9.17, 15) is 9.90 Å². The van der Waals surface area contributed by atoms with Gasteiger partial charge < -0.3 is 10.0 Å². The summed E-state index contributed by atoms with van der Waals surface area (Å²) >= 11 is 6.20. The number of anilines is 1. The number of halogens is 1. The van der Waals surface area contributed by atoms with Crippen LogP contribution in [0.1, 0.15) is 38.3 Å². The summed E-state index contributed by atoms with van der Waals surface area (Å²) in [5.74, 6) is -0.120. The molecule has 1 aliphatic heterocycles. The standard InChI is InChI=1S/C16H19ClN2O2/c1-5-11-14(20)16(3,4)15(21)19(11)12-7-6-10(8-18)13(17)9(12)2/h6-7,11,14,20H,5H2,1-4H3/t11-,14+/m0/s1. The highest BCUT2D eigenvalue weighted by Crippen LogP contribution is 2.42. The molecule has 1 aromatic carbocycles. The summed E-state index contributed by atoms with van der Waals surface area (Å²) < 4.78 is 0. The van der Waals surface area contributed by atoms with Gasteiger partial charge in [0.05, 0.1) is 28.1 Å². The number of rotatable bonds is 2. The van der Waals surface area contributed by atoms with E-state index in [0.29, 0.717) is 28.3 Å². The zero-order chi connectivity index (χ0) is 15.9. The highest BCUT2D eigenvalue weighted by atomic mass is 35.5. The third kappa shape index (κ3) is 2.21. The Hall–Kier alpha value is -1.57. The van der Waals surface area contributed by atoms with Crippen molar-refractivity contribution in [2.45, 2.75) is 46.3 Å². The van der Waals surface area contributed by atoms with Gasteiger partial charge in [-0.1, -0.05) is 18.5 Å². The topological polar surface area (TPSA) is 64.3 Å². The molecule has 2 rings (SSSR count). The molecule has 4 nitrogen and oxygen atoms in total. The molecule has 1 aliphatic rings. The normalized spacial score (nSPS) is 24.2. The lowest BCUT2D eigenvalue weighted by Crippen LogP contribution is -2.37. The van der Waals surface area contributed by atoms with Crippen LogP contribution in [0.5, 0.6) is 0 Å². The lowest BCUT2D eigenvalue weighted by molar-refractivity contribution is -0.126. The van der Waals surface area contributed by atoms with Crippen molar-refractivity contribution in [3.63, 3.8) is 0 Å². The summed E-state index contributed by atoms with van der Waals surface area (Å²) in [5.41, 5.74) is 0.915. The summed E-state index contributed by atoms with van der Waals surface area (Å²) in [7, 11) is 0. The Morgan fingerprint density at radius 1 is 1.48 bits per heavy atom. The van der Waals surface area contributed by atoms with Gasteiger partial charge in [0.15, 0.2) is 0 Å². The Balaban J connectivity index is 2.59. The first-order valence-electron chi connectivity index (χ1n) is 6.98. The van der Waals surface area contributed by atoms with Crippen LogP contribution in [0, 0.1) is 23.7 Å². The molecule has 0 aliphatic carbocycles. The second kappa shape index (κ2) is 5.32. The molecule has 1 heterocycles. The fourth-order valence-corrected chi connectivity index (χ4v) is 3.13. The molecule has 2 atom stereocenters. The molecule has 1 amide bonds. The average Bonchev–Trinajstić information content (AvgIpc) is 2.62. The Bertz CT molecular complexity index is 634. The first-order chi connectivity index (χ1) is 9.77. The van der Waals surface area contributed by atoms with Gasteiger partial charge in [-0.25, -0.2) is 0 Å². The summed E-state index contributed by atoms with van der Waals surface area (Å²) in [4.78, 5) is 14.3. The van der Waals surface area contributed by atoms with Crippen molar-refractivity contribution in [2.75, 3.05) is 4.90 Å². The summed E-state index contributed by atoms with van der Waals surface area (Å²) in [5, 5.41) is 19.8. The van der Waals surface area contributed by atoms with Crippen molar-refractivity contribution in [3.8, 4) is 6.07 Å². The third-order valence-corrected chi connectivity index (χ3v) is 4.85. The molecule has 112 valence electrons. The van der Waals surface area contributed by atoms with E-state index in [2.05, 4.69) is 0 Å². The van der Waals surface area contributed by atoms with Gasteiger partial charge in [0.1, 0.15) is 6.07 Å². The van der Waals surface area contributed by atoms with Gasteiger partial charge in [0.25, 0.3) is 0 Å².